The number of hydrogen-bond donors (Lipinski definition) is 1. The largest absolute Gasteiger partial charge is 0.385 e. The van der Waals surface area contributed by atoms with E-state index in [-0.39, 0.29) is 0 Å². The molecule has 0 atom stereocenters. The Balaban J connectivity index is 1.37. The van der Waals surface area contributed by atoms with E-state index in [1.165, 1.54) is 44.1 Å². The first-order chi connectivity index (χ1) is 12.6. The maximum absolute atomic E-state index is 11.2. The van der Waals surface area contributed by atoms with Crippen LogP contribution in [0.2, 0.25) is 0 Å². The third kappa shape index (κ3) is 3.72. The summed E-state index contributed by atoms with van der Waals surface area (Å²) in [5, 5.41) is 11.2. The van der Waals surface area contributed by atoms with Crippen molar-refractivity contribution in [2.45, 2.75) is 88.4 Å². The topological polar surface area (TPSA) is 38.7 Å². The molecule has 1 spiro atoms. The Kier molecular flexibility index (Phi) is 5.41. The van der Waals surface area contributed by atoms with Gasteiger partial charge in [-0.25, -0.2) is 0 Å². The van der Waals surface area contributed by atoms with Crippen molar-refractivity contribution in [3.05, 3.63) is 35.4 Å². The van der Waals surface area contributed by atoms with Crippen LogP contribution in [0.25, 0.3) is 0 Å². The first kappa shape index (κ1) is 18.5. The lowest BCUT2D eigenvalue weighted by Gasteiger charge is -2.41. The fourth-order valence-electron chi connectivity index (χ4n) is 5.38. The third-order valence-electron chi connectivity index (χ3n) is 7.12. The predicted octanol–water partition coefficient (Wildman–Crippen LogP) is 5.27. The van der Waals surface area contributed by atoms with Gasteiger partial charge in [0.2, 0.25) is 0 Å². The summed E-state index contributed by atoms with van der Waals surface area (Å²) in [6, 6.07) is 8.87. The molecule has 3 aliphatic rings. The highest BCUT2D eigenvalue weighted by Gasteiger charge is 2.46. The molecule has 0 radical (unpaired) electrons. The smallest absolute Gasteiger partial charge is 0.168 e. The zero-order chi connectivity index (χ0) is 18.0. The van der Waals surface area contributed by atoms with Gasteiger partial charge in [0.05, 0.1) is 18.8 Å². The van der Waals surface area contributed by atoms with Gasteiger partial charge in [0.25, 0.3) is 0 Å². The highest BCUT2D eigenvalue weighted by molar-refractivity contribution is 5.30. The summed E-state index contributed by atoms with van der Waals surface area (Å²) in [6.45, 7) is 3.68. The van der Waals surface area contributed by atoms with Crippen LogP contribution in [0.15, 0.2) is 24.3 Å². The van der Waals surface area contributed by atoms with Gasteiger partial charge in [0.1, 0.15) is 0 Å². The van der Waals surface area contributed by atoms with Crippen molar-refractivity contribution in [1.29, 1.82) is 0 Å². The van der Waals surface area contributed by atoms with Crippen molar-refractivity contribution in [3.63, 3.8) is 0 Å². The second-order valence-corrected chi connectivity index (χ2v) is 8.77. The highest BCUT2D eigenvalue weighted by Crippen LogP contribution is 2.45. The second kappa shape index (κ2) is 7.61. The maximum atomic E-state index is 11.2. The molecule has 1 N–H and O–H groups in total. The van der Waals surface area contributed by atoms with E-state index in [4.69, 9.17) is 9.47 Å². The van der Waals surface area contributed by atoms with E-state index < -0.39 is 11.4 Å². The molecule has 2 aliphatic carbocycles. The van der Waals surface area contributed by atoms with E-state index >= 15 is 0 Å². The minimum absolute atomic E-state index is 0.413. The molecule has 26 heavy (non-hydrogen) atoms. The monoisotopic (exact) mass is 358 g/mol. The van der Waals surface area contributed by atoms with Crippen molar-refractivity contribution in [1.82, 2.24) is 0 Å². The molecule has 144 valence electrons. The Hall–Kier alpha value is -0.900. The van der Waals surface area contributed by atoms with Gasteiger partial charge in [-0.3, -0.25) is 0 Å². The fourth-order valence-corrected chi connectivity index (χ4v) is 5.38. The van der Waals surface area contributed by atoms with Crippen LogP contribution in [0.5, 0.6) is 0 Å². The predicted molar refractivity (Wildman–Crippen MR) is 103 cm³/mol. The van der Waals surface area contributed by atoms with E-state index in [9.17, 15) is 5.11 Å². The number of rotatable bonds is 4. The van der Waals surface area contributed by atoms with Gasteiger partial charge in [0.15, 0.2) is 5.79 Å². The zero-order valence-corrected chi connectivity index (χ0v) is 16.2. The molecule has 0 amide bonds. The number of hydrogen-bond acceptors (Lipinski definition) is 3. The van der Waals surface area contributed by atoms with Gasteiger partial charge in [-0.15, -0.1) is 0 Å². The van der Waals surface area contributed by atoms with Gasteiger partial charge in [0, 0.05) is 12.8 Å². The van der Waals surface area contributed by atoms with Crippen LogP contribution in [0.1, 0.15) is 88.2 Å². The molecular formula is C23H34O3. The molecule has 1 aromatic rings. The van der Waals surface area contributed by atoms with Crippen LogP contribution < -0.4 is 0 Å². The summed E-state index contributed by atoms with van der Waals surface area (Å²) in [6.07, 6.45) is 11.1. The van der Waals surface area contributed by atoms with Crippen molar-refractivity contribution < 1.29 is 14.6 Å². The van der Waals surface area contributed by atoms with Crippen LogP contribution >= 0.6 is 0 Å². The van der Waals surface area contributed by atoms with Crippen LogP contribution in [-0.4, -0.2) is 24.1 Å². The summed E-state index contributed by atoms with van der Waals surface area (Å²) >= 11 is 0. The van der Waals surface area contributed by atoms with Crippen molar-refractivity contribution in [3.8, 4) is 0 Å². The zero-order valence-electron chi connectivity index (χ0n) is 16.2. The summed E-state index contributed by atoms with van der Waals surface area (Å²) in [5.74, 6) is 1.25. The van der Waals surface area contributed by atoms with E-state index in [1.54, 1.807) is 0 Å². The molecule has 0 aromatic heterocycles. The summed E-state index contributed by atoms with van der Waals surface area (Å²) < 4.78 is 11.6. The average Bonchev–Trinajstić information content (AvgIpc) is 3.14. The van der Waals surface area contributed by atoms with Gasteiger partial charge in [-0.05, 0) is 61.5 Å². The lowest BCUT2D eigenvalue weighted by atomic mass is 9.75. The highest BCUT2D eigenvalue weighted by atomic mass is 16.7. The van der Waals surface area contributed by atoms with Gasteiger partial charge < -0.3 is 14.6 Å². The second-order valence-electron chi connectivity index (χ2n) is 8.77. The Morgan fingerprint density at radius 2 is 1.54 bits per heavy atom. The molecule has 2 saturated carbocycles. The standard InChI is InChI=1S/C23H34O3/c1-2-3-18-4-6-19(7-5-18)20-8-10-21(11-9-20)22(24)12-14-23(15-13-22)25-16-17-26-23/h8-11,18-19,24H,2-7,12-17H2,1H3. The SMILES string of the molecule is CCCC1CCC(c2ccc(C3(O)CCC4(CC3)OCCO4)cc2)CC1. The molecule has 1 aliphatic heterocycles. The van der Waals surface area contributed by atoms with Gasteiger partial charge >= 0.3 is 0 Å². The lowest BCUT2D eigenvalue weighted by molar-refractivity contribution is -0.204. The van der Waals surface area contributed by atoms with Crippen molar-refractivity contribution in [2.24, 2.45) is 5.92 Å². The van der Waals surface area contributed by atoms with E-state index in [0.29, 0.717) is 32.0 Å². The van der Waals surface area contributed by atoms with Gasteiger partial charge in [-0.2, -0.15) is 0 Å². The van der Waals surface area contributed by atoms with Crippen LogP contribution in [-0.2, 0) is 15.1 Å². The normalized spacial score (nSPS) is 30.5. The third-order valence-corrected chi connectivity index (χ3v) is 7.12. The molecule has 1 heterocycles. The minimum atomic E-state index is -0.724. The van der Waals surface area contributed by atoms with E-state index in [2.05, 4.69) is 31.2 Å². The van der Waals surface area contributed by atoms with Crippen molar-refractivity contribution in [2.75, 3.05) is 13.2 Å². The Morgan fingerprint density at radius 1 is 0.923 bits per heavy atom. The molecule has 4 rings (SSSR count). The molecule has 0 unspecified atom stereocenters. The summed E-state index contributed by atoms with van der Waals surface area (Å²) in [5.41, 5.74) is 1.80. The van der Waals surface area contributed by atoms with Gasteiger partial charge in [-0.1, -0.05) is 44.0 Å². The first-order valence-corrected chi connectivity index (χ1v) is 10.7. The quantitative estimate of drug-likeness (QED) is 0.797. The van der Waals surface area contributed by atoms with E-state index in [0.717, 1.165) is 24.3 Å². The average molecular weight is 359 g/mol. The maximum Gasteiger partial charge on any atom is 0.168 e. The Morgan fingerprint density at radius 3 is 2.12 bits per heavy atom. The molecule has 3 fully saturated rings. The van der Waals surface area contributed by atoms with Crippen LogP contribution in [0.3, 0.4) is 0 Å². The molecule has 0 bridgehead atoms. The first-order valence-electron chi connectivity index (χ1n) is 10.7. The fraction of sp³-hybridized carbons (Fsp3) is 0.739. The Bertz CT molecular complexity index is 570. The Labute approximate surface area is 158 Å². The van der Waals surface area contributed by atoms with Crippen LogP contribution in [0.4, 0.5) is 0 Å². The molecular weight excluding hydrogens is 324 g/mol. The molecule has 3 nitrogen and oxygen atoms in total. The minimum Gasteiger partial charge on any atom is -0.385 e. The summed E-state index contributed by atoms with van der Waals surface area (Å²) in [7, 11) is 0. The number of aliphatic hydroxyl groups is 1. The summed E-state index contributed by atoms with van der Waals surface area (Å²) in [4.78, 5) is 0. The number of benzene rings is 1. The van der Waals surface area contributed by atoms with E-state index in [1.807, 2.05) is 0 Å². The van der Waals surface area contributed by atoms with Crippen molar-refractivity contribution >= 4 is 0 Å². The lowest BCUT2D eigenvalue weighted by Crippen LogP contribution is -2.42. The molecule has 1 aromatic carbocycles. The number of ether oxygens (including phenoxy) is 2. The molecule has 3 heteroatoms. The van der Waals surface area contributed by atoms with Crippen LogP contribution in [0, 0.1) is 5.92 Å². The molecule has 1 saturated heterocycles.